The lowest BCUT2D eigenvalue weighted by Gasteiger charge is -2.15. The van der Waals surface area contributed by atoms with Crippen LogP contribution in [0.25, 0.3) is 11.0 Å². The minimum absolute atomic E-state index is 0.0993. The monoisotopic (exact) mass is 314 g/mol. The summed E-state index contributed by atoms with van der Waals surface area (Å²) in [6.07, 6.45) is 0.591. The number of H-pyrrole nitrogens is 1. The van der Waals surface area contributed by atoms with Gasteiger partial charge in [0.1, 0.15) is 5.82 Å². The second-order valence-electron chi connectivity index (χ2n) is 5.62. The van der Waals surface area contributed by atoms with Crippen LogP contribution in [-0.2, 0) is 14.4 Å². The third-order valence-electron chi connectivity index (χ3n) is 3.91. The number of nitrogens with one attached hydrogen (secondary N) is 2. The number of nitrogens with zero attached hydrogens (tertiary/aromatic N) is 2. The fourth-order valence-corrected chi connectivity index (χ4v) is 2.65. The Hall–Kier alpha value is -2.70. The number of aromatic nitrogens is 2. The lowest BCUT2D eigenvalue weighted by molar-refractivity contribution is -0.138. The van der Waals surface area contributed by atoms with Crippen LogP contribution in [0.15, 0.2) is 24.3 Å². The summed E-state index contributed by atoms with van der Waals surface area (Å²) < 4.78 is 0. The number of imidazole rings is 1. The van der Waals surface area contributed by atoms with Crippen LogP contribution in [0.3, 0.4) is 0 Å². The van der Waals surface area contributed by atoms with E-state index in [4.69, 9.17) is 0 Å². The number of rotatable bonds is 5. The molecule has 3 rings (SSSR count). The number of para-hydroxylation sites is 2. The van der Waals surface area contributed by atoms with Crippen LogP contribution in [-0.4, -0.2) is 39.1 Å². The summed E-state index contributed by atoms with van der Waals surface area (Å²) in [5, 5.41) is 2.83. The molecule has 1 aliphatic rings. The van der Waals surface area contributed by atoms with Crippen LogP contribution in [0.1, 0.15) is 38.1 Å². The van der Waals surface area contributed by atoms with E-state index in [2.05, 4.69) is 15.3 Å². The van der Waals surface area contributed by atoms with Crippen LogP contribution in [0.5, 0.6) is 0 Å². The van der Waals surface area contributed by atoms with E-state index in [-0.39, 0.29) is 49.6 Å². The maximum absolute atomic E-state index is 12.0. The molecule has 23 heavy (non-hydrogen) atoms. The normalized spacial score (nSPS) is 16.1. The molecular weight excluding hydrogens is 296 g/mol. The fourth-order valence-electron chi connectivity index (χ4n) is 2.65. The second-order valence-corrected chi connectivity index (χ2v) is 5.62. The predicted molar refractivity (Wildman–Crippen MR) is 83.2 cm³/mol. The molecule has 2 N–H and O–H groups in total. The molecule has 0 bridgehead atoms. The highest BCUT2D eigenvalue weighted by molar-refractivity contribution is 6.02. The van der Waals surface area contributed by atoms with Crippen LogP contribution in [0, 0.1) is 0 Å². The van der Waals surface area contributed by atoms with Crippen LogP contribution in [0.2, 0.25) is 0 Å². The number of hydrogen-bond donors (Lipinski definition) is 2. The number of imide groups is 1. The molecule has 0 unspecified atom stereocenters. The van der Waals surface area contributed by atoms with Crippen molar-refractivity contribution in [3.05, 3.63) is 30.1 Å². The first kappa shape index (κ1) is 15.2. The highest BCUT2D eigenvalue weighted by Crippen LogP contribution is 2.16. The third-order valence-corrected chi connectivity index (χ3v) is 3.91. The van der Waals surface area contributed by atoms with Gasteiger partial charge in [-0.15, -0.1) is 0 Å². The van der Waals surface area contributed by atoms with Gasteiger partial charge in [-0.05, 0) is 19.1 Å². The summed E-state index contributed by atoms with van der Waals surface area (Å²) in [6, 6.07) is 7.36. The average molecular weight is 314 g/mol. The van der Waals surface area contributed by atoms with E-state index in [1.807, 2.05) is 31.2 Å². The Bertz CT molecular complexity index is 719. The van der Waals surface area contributed by atoms with Crippen molar-refractivity contribution in [3.63, 3.8) is 0 Å². The van der Waals surface area contributed by atoms with Crippen molar-refractivity contribution in [3.8, 4) is 0 Å². The summed E-state index contributed by atoms with van der Waals surface area (Å²) in [6.45, 7) is 1.97. The van der Waals surface area contributed by atoms with E-state index >= 15 is 0 Å². The Balaban J connectivity index is 1.56. The smallest absolute Gasteiger partial charge is 0.229 e. The van der Waals surface area contributed by atoms with Crippen molar-refractivity contribution in [1.29, 1.82) is 0 Å². The van der Waals surface area contributed by atoms with Gasteiger partial charge >= 0.3 is 0 Å². The third kappa shape index (κ3) is 3.23. The molecule has 0 saturated carbocycles. The minimum Gasteiger partial charge on any atom is -0.346 e. The summed E-state index contributed by atoms with van der Waals surface area (Å²) in [4.78, 5) is 43.8. The number of amides is 3. The zero-order chi connectivity index (χ0) is 16.4. The molecule has 7 nitrogen and oxygen atoms in total. The number of carbonyl (C=O) groups is 3. The summed E-state index contributed by atoms with van der Waals surface area (Å²) in [5.74, 6) is 0.0552. The van der Waals surface area contributed by atoms with E-state index in [0.717, 1.165) is 15.9 Å². The number of fused-ring (bicyclic) bond motifs is 1. The Kier molecular flexibility index (Phi) is 4.10. The van der Waals surface area contributed by atoms with E-state index in [1.54, 1.807) is 0 Å². The van der Waals surface area contributed by atoms with Crippen molar-refractivity contribution in [2.45, 2.75) is 32.2 Å². The molecule has 0 aliphatic carbocycles. The maximum atomic E-state index is 12.0. The Morgan fingerprint density at radius 2 is 2.00 bits per heavy atom. The number of hydrogen-bond acceptors (Lipinski definition) is 4. The van der Waals surface area contributed by atoms with E-state index in [9.17, 15) is 14.4 Å². The Labute approximate surface area is 133 Å². The molecule has 1 atom stereocenters. The van der Waals surface area contributed by atoms with Gasteiger partial charge in [-0.2, -0.15) is 0 Å². The van der Waals surface area contributed by atoms with Gasteiger partial charge in [0.05, 0.1) is 17.1 Å². The molecule has 120 valence electrons. The second kappa shape index (κ2) is 6.20. The highest BCUT2D eigenvalue weighted by Gasteiger charge is 2.29. The van der Waals surface area contributed by atoms with Crippen molar-refractivity contribution < 1.29 is 14.4 Å². The minimum atomic E-state index is -0.278. The highest BCUT2D eigenvalue weighted by atomic mass is 16.2. The standard InChI is InChI=1S/C16H18N4O3/c1-10(16-18-11-4-2-3-5-12(11)19-16)17-13(21)8-9-20-14(22)6-7-15(20)23/h2-5,10H,6-9H2,1H3,(H,17,21)(H,18,19)/t10-/m1/s1. The van der Waals surface area contributed by atoms with E-state index in [1.165, 1.54) is 0 Å². The zero-order valence-electron chi connectivity index (χ0n) is 12.8. The van der Waals surface area contributed by atoms with Crippen molar-refractivity contribution in [1.82, 2.24) is 20.2 Å². The molecule has 1 aromatic carbocycles. The molecule has 2 aromatic rings. The molecule has 0 radical (unpaired) electrons. The lowest BCUT2D eigenvalue weighted by Crippen LogP contribution is -2.35. The van der Waals surface area contributed by atoms with Gasteiger partial charge in [-0.3, -0.25) is 19.3 Å². The largest absolute Gasteiger partial charge is 0.346 e. The molecule has 2 heterocycles. The van der Waals surface area contributed by atoms with E-state index in [0.29, 0.717) is 5.82 Å². The first-order chi connectivity index (χ1) is 11.0. The van der Waals surface area contributed by atoms with Crippen LogP contribution in [0.4, 0.5) is 0 Å². The van der Waals surface area contributed by atoms with Gasteiger partial charge in [-0.1, -0.05) is 12.1 Å². The topological polar surface area (TPSA) is 95.2 Å². The molecule has 3 amide bonds. The number of likely N-dealkylation sites (tertiary alicyclic amines) is 1. The van der Waals surface area contributed by atoms with Crippen molar-refractivity contribution >= 4 is 28.8 Å². The molecule has 1 aliphatic heterocycles. The number of benzene rings is 1. The molecule has 1 fully saturated rings. The summed E-state index contributed by atoms with van der Waals surface area (Å²) in [7, 11) is 0. The van der Waals surface area contributed by atoms with Crippen LogP contribution >= 0.6 is 0 Å². The average Bonchev–Trinajstić information content (AvgIpc) is 3.09. The maximum Gasteiger partial charge on any atom is 0.229 e. The van der Waals surface area contributed by atoms with Gasteiger partial charge in [0, 0.05) is 25.8 Å². The van der Waals surface area contributed by atoms with Gasteiger partial charge in [0.15, 0.2) is 0 Å². The van der Waals surface area contributed by atoms with Gasteiger partial charge in [0.2, 0.25) is 17.7 Å². The summed E-state index contributed by atoms with van der Waals surface area (Å²) in [5.41, 5.74) is 1.76. The first-order valence-corrected chi connectivity index (χ1v) is 7.62. The zero-order valence-corrected chi connectivity index (χ0v) is 12.8. The van der Waals surface area contributed by atoms with Gasteiger partial charge in [0.25, 0.3) is 0 Å². The van der Waals surface area contributed by atoms with Gasteiger partial charge in [-0.25, -0.2) is 4.98 Å². The first-order valence-electron chi connectivity index (χ1n) is 7.62. The molecular formula is C16H18N4O3. The Morgan fingerprint density at radius 1 is 1.30 bits per heavy atom. The number of aromatic amines is 1. The molecule has 0 spiro atoms. The quantitative estimate of drug-likeness (QED) is 0.813. The van der Waals surface area contributed by atoms with Gasteiger partial charge < -0.3 is 10.3 Å². The SMILES string of the molecule is C[C@@H](NC(=O)CCN1C(=O)CCC1=O)c1nc2ccccc2[nH]1. The lowest BCUT2D eigenvalue weighted by atomic mass is 10.3. The molecule has 1 saturated heterocycles. The molecule has 7 heteroatoms. The van der Waals surface area contributed by atoms with Crippen molar-refractivity contribution in [2.24, 2.45) is 0 Å². The Morgan fingerprint density at radius 3 is 2.70 bits per heavy atom. The van der Waals surface area contributed by atoms with E-state index < -0.39 is 0 Å². The summed E-state index contributed by atoms with van der Waals surface area (Å²) >= 11 is 0. The predicted octanol–water partition coefficient (Wildman–Crippen LogP) is 1.28. The van der Waals surface area contributed by atoms with Crippen molar-refractivity contribution in [2.75, 3.05) is 6.54 Å². The number of carbonyl (C=O) groups excluding carboxylic acids is 3. The van der Waals surface area contributed by atoms with Crippen LogP contribution < -0.4 is 5.32 Å². The molecule has 1 aromatic heterocycles. The fraction of sp³-hybridized carbons (Fsp3) is 0.375.